The minimum absolute atomic E-state index is 0.162. The molecule has 0 aliphatic carbocycles. The molecule has 0 fully saturated rings. The molecule has 0 amide bonds. The molecule has 0 aliphatic rings. The Bertz CT molecular complexity index is 375. The monoisotopic (exact) mass is 202 g/mol. The van der Waals surface area contributed by atoms with Crippen molar-refractivity contribution in [2.45, 2.75) is 13.3 Å². The van der Waals surface area contributed by atoms with Crippen LogP contribution in [-0.2, 0) is 0 Å². The van der Waals surface area contributed by atoms with Gasteiger partial charge in [-0.2, -0.15) is 0 Å². The summed E-state index contributed by atoms with van der Waals surface area (Å²) in [6.07, 6.45) is 0.415. The molecule has 0 unspecified atom stereocenters. The molecule has 0 aliphatic heterocycles. The number of aliphatic imine (C=N–C) groups is 1. The maximum Gasteiger partial charge on any atom is 0.196 e. The van der Waals surface area contributed by atoms with Crippen molar-refractivity contribution in [1.82, 2.24) is 0 Å². The normalized spacial score (nSPS) is 11.9. The third-order valence-electron chi connectivity index (χ3n) is 1.64. The number of nitrogens with zero attached hydrogens (tertiary/aromatic N) is 1. The molecular weight excluding hydrogens is 193 g/mol. The van der Waals surface area contributed by atoms with Crippen molar-refractivity contribution in [2.24, 2.45) is 10.7 Å². The van der Waals surface area contributed by atoms with Crippen LogP contribution in [0.3, 0.4) is 0 Å². The molecule has 0 spiro atoms. The molecule has 2 N–H and O–H groups in total. The zero-order valence-corrected chi connectivity index (χ0v) is 7.52. The van der Waals surface area contributed by atoms with Crippen LogP contribution >= 0.6 is 0 Å². The van der Waals surface area contributed by atoms with E-state index in [1.54, 1.807) is 6.92 Å². The van der Waals surface area contributed by atoms with E-state index in [0.717, 1.165) is 12.1 Å². The number of hydrogen-bond donors (Lipinski definition) is 1. The third-order valence-corrected chi connectivity index (χ3v) is 1.64. The fourth-order valence-electron chi connectivity index (χ4n) is 0.836. The highest BCUT2D eigenvalue weighted by Crippen LogP contribution is 2.22. The Labute approximate surface area is 79.3 Å². The molecule has 2 nitrogen and oxygen atoms in total. The molecule has 0 heterocycles. The van der Waals surface area contributed by atoms with Crippen molar-refractivity contribution in [3.63, 3.8) is 0 Å². The quantitative estimate of drug-likeness (QED) is 0.446. The largest absolute Gasteiger partial charge is 0.387 e. The van der Waals surface area contributed by atoms with Crippen LogP contribution in [0, 0.1) is 17.5 Å². The maximum atomic E-state index is 13.0. The van der Waals surface area contributed by atoms with Gasteiger partial charge in [0.1, 0.15) is 5.69 Å². The topological polar surface area (TPSA) is 38.4 Å². The van der Waals surface area contributed by atoms with Crippen LogP contribution < -0.4 is 5.73 Å². The van der Waals surface area contributed by atoms with E-state index in [2.05, 4.69) is 4.99 Å². The van der Waals surface area contributed by atoms with Gasteiger partial charge < -0.3 is 5.73 Å². The van der Waals surface area contributed by atoms with Gasteiger partial charge in [0.15, 0.2) is 17.5 Å². The van der Waals surface area contributed by atoms with Gasteiger partial charge in [-0.1, -0.05) is 6.92 Å². The van der Waals surface area contributed by atoms with Crippen LogP contribution in [0.25, 0.3) is 0 Å². The Morgan fingerprint density at radius 2 is 1.93 bits per heavy atom. The van der Waals surface area contributed by atoms with E-state index >= 15 is 0 Å². The molecule has 0 bridgehead atoms. The predicted octanol–water partition coefficient (Wildman–Crippen LogP) is 2.50. The fraction of sp³-hybridized carbons (Fsp3) is 0.222. The van der Waals surface area contributed by atoms with Crippen molar-refractivity contribution in [3.8, 4) is 0 Å². The number of rotatable bonds is 2. The molecule has 0 saturated carbocycles. The predicted molar refractivity (Wildman–Crippen MR) is 47.9 cm³/mol. The number of benzene rings is 1. The molecule has 14 heavy (non-hydrogen) atoms. The van der Waals surface area contributed by atoms with Crippen molar-refractivity contribution in [3.05, 3.63) is 29.6 Å². The molecule has 76 valence electrons. The molecule has 1 aromatic rings. The second kappa shape index (κ2) is 4.13. The summed E-state index contributed by atoms with van der Waals surface area (Å²) in [5.41, 5.74) is 5.04. The van der Waals surface area contributed by atoms with Crippen LogP contribution in [0.15, 0.2) is 17.1 Å². The summed E-state index contributed by atoms with van der Waals surface area (Å²) < 4.78 is 38.2. The van der Waals surface area contributed by atoms with Gasteiger partial charge in [-0.05, 0) is 12.1 Å². The second-order valence-electron chi connectivity index (χ2n) is 2.65. The molecule has 0 radical (unpaired) electrons. The van der Waals surface area contributed by atoms with Crippen molar-refractivity contribution >= 4 is 11.5 Å². The first-order chi connectivity index (χ1) is 6.56. The molecular formula is C9H9F3N2. The lowest BCUT2D eigenvalue weighted by atomic mass is 10.3. The van der Waals surface area contributed by atoms with Crippen LogP contribution in [-0.4, -0.2) is 5.84 Å². The highest BCUT2D eigenvalue weighted by Gasteiger charge is 2.12. The Morgan fingerprint density at radius 1 is 1.29 bits per heavy atom. The average Bonchev–Trinajstić information content (AvgIpc) is 2.19. The Hall–Kier alpha value is -1.52. The lowest BCUT2D eigenvalue weighted by Crippen LogP contribution is -2.09. The van der Waals surface area contributed by atoms with E-state index in [-0.39, 0.29) is 11.5 Å². The van der Waals surface area contributed by atoms with Gasteiger partial charge in [-0.15, -0.1) is 0 Å². The lowest BCUT2D eigenvalue weighted by molar-refractivity contribution is 0.448. The molecule has 1 rings (SSSR count). The molecule has 0 atom stereocenters. The molecule has 5 heteroatoms. The summed E-state index contributed by atoms with van der Waals surface area (Å²) in [6, 6.07) is 1.84. The van der Waals surface area contributed by atoms with E-state index in [1.807, 2.05) is 0 Å². The van der Waals surface area contributed by atoms with Crippen LogP contribution in [0.1, 0.15) is 13.3 Å². The highest BCUT2D eigenvalue weighted by molar-refractivity contribution is 5.82. The van der Waals surface area contributed by atoms with Gasteiger partial charge in [-0.3, -0.25) is 0 Å². The highest BCUT2D eigenvalue weighted by atomic mass is 19.2. The summed E-state index contributed by atoms with van der Waals surface area (Å²) in [6.45, 7) is 1.72. The van der Waals surface area contributed by atoms with Crippen molar-refractivity contribution in [2.75, 3.05) is 0 Å². The summed E-state index contributed by atoms with van der Waals surface area (Å²) in [7, 11) is 0. The van der Waals surface area contributed by atoms with Crippen molar-refractivity contribution < 1.29 is 13.2 Å². The Kier molecular flexibility index (Phi) is 3.11. The molecule has 0 aromatic heterocycles. The van der Waals surface area contributed by atoms with Crippen molar-refractivity contribution in [1.29, 1.82) is 0 Å². The van der Waals surface area contributed by atoms with Gasteiger partial charge in [0.05, 0.1) is 5.84 Å². The zero-order valence-electron chi connectivity index (χ0n) is 7.52. The Morgan fingerprint density at radius 3 is 2.50 bits per heavy atom. The number of halogens is 3. The maximum absolute atomic E-state index is 13.0. The van der Waals surface area contributed by atoms with Gasteiger partial charge in [0, 0.05) is 6.42 Å². The summed E-state index contributed by atoms with van der Waals surface area (Å²) >= 11 is 0. The van der Waals surface area contributed by atoms with Crippen LogP contribution in [0.4, 0.5) is 18.9 Å². The third kappa shape index (κ3) is 2.04. The smallest absolute Gasteiger partial charge is 0.196 e. The number of nitrogens with two attached hydrogens (primary N) is 1. The van der Waals surface area contributed by atoms with Crippen LogP contribution in [0.5, 0.6) is 0 Å². The van der Waals surface area contributed by atoms with Gasteiger partial charge in [0.25, 0.3) is 0 Å². The minimum atomic E-state index is -1.53. The second-order valence-corrected chi connectivity index (χ2v) is 2.65. The summed E-state index contributed by atoms with van der Waals surface area (Å²) in [4.78, 5) is 3.59. The molecule has 0 saturated heterocycles. The molecule has 1 aromatic carbocycles. The standard InChI is InChI=1S/C9H9F3N2/c1-2-7(13)14-6-4-3-5(10)8(11)9(6)12/h3-4H,2H2,1H3,(H2,13,14). The van der Waals surface area contributed by atoms with E-state index in [9.17, 15) is 13.2 Å². The number of amidine groups is 1. The van der Waals surface area contributed by atoms with Crippen LogP contribution in [0.2, 0.25) is 0 Å². The van der Waals surface area contributed by atoms with Gasteiger partial charge >= 0.3 is 0 Å². The lowest BCUT2D eigenvalue weighted by Gasteiger charge is -2.00. The first-order valence-corrected chi connectivity index (χ1v) is 4.02. The first-order valence-electron chi connectivity index (χ1n) is 4.02. The zero-order chi connectivity index (χ0) is 10.7. The van der Waals surface area contributed by atoms with E-state index < -0.39 is 17.5 Å². The van der Waals surface area contributed by atoms with Gasteiger partial charge in [0.2, 0.25) is 0 Å². The SMILES string of the molecule is CCC(N)=Nc1ccc(F)c(F)c1F. The van der Waals surface area contributed by atoms with E-state index in [1.165, 1.54) is 0 Å². The Balaban J connectivity index is 3.18. The first kappa shape index (κ1) is 10.6. The van der Waals surface area contributed by atoms with Gasteiger partial charge in [-0.25, -0.2) is 18.2 Å². The number of hydrogen-bond acceptors (Lipinski definition) is 1. The fourth-order valence-corrected chi connectivity index (χ4v) is 0.836. The average molecular weight is 202 g/mol. The summed E-state index contributed by atoms with van der Waals surface area (Å²) in [5.74, 6) is -3.93. The van der Waals surface area contributed by atoms with E-state index in [4.69, 9.17) is 5.73 Å². The summed E-state index contributed by atoms with van der Waals surface area (Å²) in [5, 5.41) is 0. The van der Waals surface area contributed by atoms with E-state index in [0.29, 0.717) is 6.42 Å². The minimum Gasteiger partial charge on any atom is -0.387 e.